The highest BCUT2D eigenvalue weighted by Crippen LogP contribution is 1.88. The number of nitrogens with one attached hydrogen (secondary N) is 1. The number of rotatable bonds is 3. The van der Waals surface area contributed by atoms with E-state index in [1.807, 2.05) is 6.66 Å². The molecule has 0 aliphatic heterocycles. The van der Waals surface area contributed by atoms with Gasteiger partial charge in [0.05, 0.1) is 6.54 Å². The normalized spacial score (nSPS) is 10.4. The Balaban J connectivity index is 2.82. The van der Waals surface area contributed by atoms with Crippen LogP contribution in [0.25, 0.3) is 0 Å². The molecule has 0 aliphatic carbocycles. The predicted octanol–water partition coefficient (Wildman–Crippen LogP) is -0.116. The average Bonchev–Trinajstić information content (AvgIpc) is 1.61. The van der Waals surface area contributed by atoms with Gasteiger partial charge in [0.25, 0.3) is 0 Å². The second-order valence-corrected chi connectivity index (χ2v) is 1.85. The molecule has 0 saturated carbocycles. The zero-order valence-corrected chi connectivity index (χ0v) is 5.06. The molecular weight excluding hydrogens is 113 g/mol. The molecule has 0 fully saturated rings. The van der Waals surface area contributed by atoms with E-state index >= 15 is 0 Å². The molecule has 0 aromatic heterocycles. The summed E-state index contributed by atoms with van der Waals surface area (Å²) >= 11 is 0. The number of aliphatic carboxylic acids is 1. The molecule has 2 N–H and O–H groups in total. The van der Waals surface area contributed by atoms with Crippen LogP contribution in [-0.2, 0) is 4.79 Å². The smallest absolute Gasteiger partial charge is 0.317 e. The molecule has 0 rings (SSSR count). The van der Waals surface area contributed by atoms with Gasteiger partial charge in [-0.15, -0.1) is 0 Å². The number of hydrogen-bond acceptors (Lipinski definition) is 2. The van der Waals surface area contributed by atoms with Crippen molar-refractivity contribution in [3.05, 3.63) is 0 Å². The summed E-state index contributed by atoms with van der Waals surface area (Å²) in [5, 5.41) is 10.7. The minimum Gasteiger partial charge on any atom is -0.480 e. The lowest BCUT2D eigenvalue weighted by Gasteiger charge is -1.90. The summed E-state index contributed by atoms with van der Waals surface area (Å²) < 4.78 is 0. The molecule has 42 valence electrons. The molecule has 0 bridgehead atoms. The van der Waals surface area contributed by atoms with E-state index in [1.165, 1.54) is 0 Å². The second-order valence-electron chi connectivity index (χ2n) is 0.997. The van der Waals surface area contributed by atoms with Crippen LogP contribution in [0.1, 0.15) is 0 Å². The minimum atomic E-state index is -0.797. The summed E-state index contributed by atoms with van der Waals surface area (Å²) in [5.74, 6) is -0.797. The number of carboxylic acid groups (broad SMARTS) is 1. The molecule has 7 heavy (non-hydrogen) atoms. The van der Waals surface area contributed by atoms with Crippen LogP contribution in [0.2, 0.25) is 0 Å². The number of hydrogen-bond donors (Lipinski definition) is 2. The van der Waals surface area contributed by atoms with E-state index in [-0.39, 0.29) is 6.54 Å². The fraction of sp³-hybridized carbons (Fsp3) is 0.667. The third-order valence-electron chi connectivity index (χ3n) is 0.416. The summed E-state index contributed by atoms with van der Waals surface area (Å²) in [6.45, 7) is 1.97. The van der Waals surface area contributed by atoms with Crippen LogP contribution in [0.4, 0.5) is 0 Å². The van der Waals surface area contributed by atoms with Crippen molar-refractivity contribution in [1.29, 1.82) is 0 Å². The highest BCUT2D eigenvalue weighted by Gasteiger charge is 1.89. The van der Waals surface area contributed by atoms with E-state index in [0.29, 0.717) is 8.73 Å². The summed E-state index contributed by atoms with van der Waals surface area (Å²) in [4.78, 5) is 9.70. The first-order valence-corrected chi connectivity index (χ1v) is 3.38. The van der Waals surface area contributed by atoms with Crippen molar-refractivity contribution in [2.24, 2.45) is 0 Å². The Morgan fingerprint density at radius 1 is 2.00 bits per heavy atom. The maximum absolute atomic E-state index is 9.70. The van der Waals surface area contributed by atoms with Gasteiger partial charge in [-0.25, -0.2) is 0 Å². The first-order chi connectivity index (χ1) is 3.27. The lowest BCUT2D eigenvalue weighted by atomic mass is 10.7. The van der Waals surface area contributed by atoms with Crippen LogP contribution in [0, 0.1) is 0 Å². The van der Waals surface area contributed by atoms with Gasteiger partial charge in [0.1, 0.15) is 0 Å². The van der Waals surface area contributed by atoms with Crippen molar-refractivity contribution < 1.29 is 9.90 Å². The lowest BCUT2D eigenvalue weighted by molar-refractivity contribution is -0.135. The van der Waals surface area contributed by atoms with Gasteiger partial charge in [0, 0.05) is 0 Å². The zero-order chi connectivity index (χ0) is 5.70. The Morgan fingerprint density at radius 3 is 2.71 bits per heavy atom. The molecule has 0 radical (unpaired) electrons. The van der Waals surface area contributed by atoms with Crippen molar-refractivity contribution in [3.8, 4) is 0 Å². The Morgan fingerprint density at radius 2 is 2.57 bits per heavy atom. The molecule has 0 aromatic carbocycles. The Kier molecular flexibility index (Phi) is 3.95. The summed E-state index contributed by atoms with van der Waals surface area (Å²) in [6.07, 6.45) is 0. The van der Waals surface area contributed by atoms with Crippen molar-refractivity contribution in [3.63, 3.8) is 0 Å². The van der Waals surface area contributed by atoms with Gasteiger partial charge in [-0.1, -0.05) is 8.73 Å². The fourth-order valence-electron chi connectivity index (χ4n) is 0.164. The van der Waals surface area contributed by atoms with Crippen molar-refractivity contribution in [2.45, 2.75) is 0 Å². The predicted molar refractivity (Wildman–Crippen MR) is 29.9 cm³/mol. The quantitative estimate of drug-likeness (QED) is 0.512. The topological polar surface area (TPSA) is 49.3 Å². The second kappa shape index (κ2) is 4.03. The molecule has 3 nitrogen and oxygen atoms in total. The molecule has 0 amide bonds. The van der Waals surface area contributed by atoms with E-state index in [1.54, 1.807) is 0 Å². The molecule has 1 unspecified atom stereocenters. The van der Waals surface area contributed by atoms with Crippen LogP contribution in [0.3, 0.4) is 0 Å². The number of carbonyl (C=O) groups is 1. The van der Waals surface area contributed by atoms with Crippen molar-refractivity contribution in [2.75, 3.05) is 13.2 Å². The van der Waals surface area contributed by atoms with Crippen LogP contribution in [0.5, 0.6) is 0 Å². The SMILES string of the molecule is CPNCC(=O)O. The molecule has 0 saturated heterocycles. The van der Waals surface area contributed by atoms with Gasteiger partial charge in [-0.2, -0.15) is 0 Å². The fourth-order valence-corrected chi connectivity index (χ4v) is 0.492. The molecule has 4 heteroatoms. The third kappa shape index (κ3) is 5.86. The number of carboxylic acids is 1. The summed E-state index contributed by atoms with van der Waals surface area (Å²) in [5.41, 5.74) is 0. The summed E-state index contributed by atoms with van der Waals surface area (Å²) in [6, 6.07) is 0. The van der Waals surface area contributed by atoms with Gasteiger partial charge in [0.15, 0.2) is 0 Å². The standard InChI is InChI=1S/C3H8NO2P/c1-7-4-2-3(5)6/h4,7H,2H2,1H3,(H,5,6). The highest BCUT2D eigenvalue weighted by atomic mass is 31.1. The van der Waals surface area contributed by atoms with E-state index < -0.39 is 5.97 Å². The van der Waals surface area contributed by atoms with E-state index in [0.717, 1.165) is 0 Å². The van der Waals surface area contributed by atoms with Crippen LogP contribution >= 0.6 is 8.73 Å². The van der Waals surface area contributed by atoms with Crippen LogP contribution < -0.4 is 5.09 Å². The molecule has 0 heterocycles. The van der Waals surface area contributed by atoms with Crippen LogP contribution in [-0.4, -0.2) is 24.3 Å². The average molecular weight is 121 g/mol. The monoisotopic (exact) mass is 121 g/mol. The highest BCUT2D eigenvalue weighted by molar-refractivity contribution is 7.34. The van der Waals surface area contributed by atoms with E-state index in [9.17, 15) is 4.79 Å². The van der Waals surface area contributed by atoms with Gasteiger partial charge in [-0.3, -0.25) is 9.88 Å². The maximum Gasteiger partial charge on any atom is 0.317 e. The van der Waals surface area contributed by atoms with E-state index in [2.05, 4.69) is 5.09 Å². The Bertz CT molecular complexity index is 66.0. The lowest BCUT2D eigenvalue weighted by Crippen LogP contribution is -2.13. The van der Waals surface area contributed by atoms with Gasteiger partial charge in [0.2, 0.25) is 0 Å². The van der Waals surface area contributed by atoms with Gasteiger partial charge >= 0.3 is 5.97 Å². The van der Waals surface area contributed by atoms with Crippen molar-refractivity contribution >= 4 is 14.7 Å². The zero-order valence-electron chi connectivity index (χ0n) is 4.06. The molecule has 1 atom stereocenters. The Hall–Kier alpha value is -0.140. The van der Waals surface area contributed by atoms with E-state index in [4.69, 9.17) is 5.11 Å². The largest absolute Gasteiger partial charge is 0.480 e. The van der Waals surface area contributed by atoms with Crippen LogP contribution in [0.15, 0.2) is 0 Å². The molecule has 0 spiro atoms. The maximum atomic E-state index is 9.70. The van der Waals surface area contributed by atoms with Crippen molar-refractivity contribution in [1.82, 2.24) is 5.09 Å². The first kappa shape index (κ1) is 6.86. The molecular formula is C3H8NO2P. The summed E-state index contributed by atoms with van der Waals surface area (Å²) in [7, 11) is 0.520. The Labute approximate surface area is 43.9 Å². The molecule has 0 aromatic rings. The van der Waals surface area contributed by atoms with Gasteiger partial charge < -0.3 is 5.11 Å². The first-order valence-electron chi connectivity index (χ1n) is 1.88. The third-order valence-corrected chi connectivity index (χ3v) is 0.947. The molecule has 0 aliphatic rings. The minimum absolute atomic E-state index is 0.0783. The van der Waals surface area contributed by atoms with Gasteiger partial charge in [-0.05, 0) is 6.66 Å².